The molecule has 0 saturated heterocycles. The Morgan fingerprint density at radius 3 is 2.90 bits per heavy atom. The fraction of sp³-hybridized carbons (Fsp3) is 0.667. The van der Waals surface area contributed by atoms with Crippen LogP contribution in [-0.2, 0) is 0 Å². The van der Waals surface area contributed by atoms with E-state index in [4.69, 9.17) is 0 Å². The Kier molecular flexibility index (Phi) is 1.19. The highest BCUT2D eigenvalue weighted by Crippen LogP contribution is 2.44. The van der Waals surface area contributed by atoms with Crippen LogP contribution >= 0.6 is 0 Å². The Morgan fingerprint density at radius 2 is 2.30 bits per heavy atom. The van der Waals surface area contributed by atoms with Gasteiger partial charge in [-0.2, -0.15) is 0 Å². The van der Waals surface area contributed by atoms with Gasteiger partial charge >= 0.3 is 0 Å². The van der Waals surface area contributed by atoms with Crippen LogP contribution in [0.15, 0.2) is 12.2 Å². The minimum Gasteiger partial charge on any atom is -0.239 e. The fourth-order valence-corrected chi connectivity index (χ4v) is 1.64. The zero-order chi connectivity index (χ0) is 7.14. The maximum Gasteiger partial charge on any atom is 0.175 e. The van der Waals surface area contributed by atoms with Crippen LogP contribution in [0.1, 0.15) is 12.8 Å². The van der Waals surface area contributed by atoms with Crippen molar-refractivity contribution in [3.63, 3.8) is 0 Å². The molecule has 0 amide bonds. The van der Waals surface area contributed by atoms with Crippen molar-refractivity contribution in [2.75, 3.05) is 14.1 Å². The minimum absolute atomic E-state index is 0.948. The Bertz CT molecular complexity index is 209. The molecule has 0 unspecified atom stereocenters. The van der Waals surface area contributed by atoms with Crippen LogP contribution in [0.25, 0.3) is 0 Å². The summed E-state index contributed by atoms with van der Waals surface area (Å²) in [4.78, 5) is 0. The number of allylic oxidation sites excluding steroid dienone is 2. The predicted molar refractivity (Wildman–Crippen MR) is 42.5 cm³/mol. The summed E-state index contributed by atoms with van der Waals surface area (Å²) < 4.78 is 2.23. The van der Waals surface area contributed by atoms with Crippen LogP contribution in [0.3, 0.4) is 0 Å². The van der Waals surface area contributed by atoms with Crippen molar-refractivity contribution in [3.05, 3.63) is 12.2 Å². The van der Waals surface area contributed by atoms with Crippen molar-refractivity contribution >= 4 is 5.71 Å². The first-order chi connectivity index (χ1) is 4.77. The number of nitrogens with zero attached hydrogens (tertiary/aromatic N) is 1. The fourth-order valence-electron chi connectivity index (χ4n) is 1.64. The lowest BCUT2D eigenvalue weighted by molar-refractivity contribution is -0.465. The molecule has 0 radical (unpaired) electrons. The molecule has 0 aromatic carbocycles. The lowest BCUT2D eigenvalue weighted by Gasteiger charge is -2.01. The third kappa shape index (κ3) is 0.898. The minimum atomic E-state index is 0.948. The van der Waals surface area contributed by atoms with Gasteiger partial charge in [-0.1, -0.05) is 6.08 Å². The third-order valence-corrected chi connectivity index (χ3v) is 2.56. The molecule has 2 rings (SSSR count). The van der Waals surface area contributed by atoms with Gasteiger partial charge in [-0.05, 0) is 18.3 Å². The molecule has 1 saturated carbocycles. The lowest BCUT2D eigenvalue weighted by atomic mass is 10.1. The molecule has 54 valence electrons. The average Bonchev–Trinajstić information content (AvgIpc) is 2.63. The Balaban J connectivity index is 2.22. The molecule has 1 fully saturated rings. The molecule has 2 aliphatic carbocycles. The van der Waals surface area contributed by atoms with Gasteiger partial charge in [0.05, 0.1) is 0 Å². The molecular formula is C9H14N+. The monoisotopic (exact) mass is 136 g/mol. The number of fused-ring (bicyclic) bond motifs is 1. The molecule has 0 heterocycles. The summed E-state index contributed by atoms with van der Waals surface area (Å²) in [7, 11) is 4.25. The van der Waals surface area contributed by atoms with E-state index in [2.05, 4.69) is 30.8 Å². The predicted octanol–water partition coefficient (Wildman–Crippen LogP) is 1.30. The molecule has 1 nitrogen and oxygen atoms in total. The molecule has 2 atom stereocenters. The molecule has 0 aromatic rings. The van der Waals surface area contributed by atoms with E-state index < -0.39 is 0 Å². The standard InChI is InChI=1S/C9H14N/c1-10(2)9-4-3-7-5-8(7)6-9/h3-4,7-8H,5-6H2,1-2H3/q+1/t7-,8-/m0/s1. The molecule has 2 aliphatic rings. The van der Waals surface area contributed by atoms with Crippen molar-refractivity contribution in [1.29, 1.82) is 0 Å². The first-order valence-corrected chi connectivity index (χ1v) is 3.99. The molecule has 0 aromatic heterocycles. The van der Waals surface area contributed by atoms with Crippen molar-refractivity contribution in [2.24, 2.45) is 11.8 Å². The summed E-state index contributed by atoms with van der Waals surface area (Å²) in [5.41, 5.74) is 1.50. The number of rotatable bonds is 0. The highest BCUT2D eigenvalue weighted by Gasteiger charge is 2.39. The molecule has 0 aliphatic heterocycles. The van der Waals surface area contributed by atoms with Gasteiger partial charge < -0.3 is 0 Å². The van der Waals surface area contributed by atoms with Gasteiger partial charge in [0.15, 0.2) is 5.71 Å². The summed E-state index contributed by atoms with van der Waals surface area (Å²) in [5, 5.41) is 0. The van der Waals surface area contributed by atoms with Gasteiger partial charge in [0.25, 0.3) is 0 Å². The van der Waals surface area contributed by atoms with Crippen LogP contribution in [-0.4, -0.2) is 24.4 Å². The van der Waals surface area contributed by atoms with Gasteiger partial charge in [0.1, 0.15) is 14.1 Å². The van der Waals surface area contributed by atoms with Crippen LogP contribution < -0.4 is 0 Å². The second-order valence-electron chi connectivity index (χ2n) is 3.61. The number of hydrogen-bond acceptors (Lipinski definition) is 0. The van der Waals surface area contributed by atoms with Gasteiger partial charge in [-0.25, -0.2) is 4.58 Å². The van der Waals surface area contributed by atoms with Crippen molar-refractivity contribution in [3.8, 4) is 0 Å². The maximum absolute atomic E-state index is 2.36. The van der Waals surface area contributed by atoms with E-state index in [0.29, 0.717) is 0 Å². The van der Waals surface area contributed by atoms with Gasteiger partial charge in [-0.15, -0.1) is 0 Å². The maximum atomic E-state index is 2.36. The van der Waals surface area contributed by atoms with Crippen LogP contribution in [0.5, 0.6) is 0 Å². The van der Waals surface area contributed by atoms with Gasteiger partial charge in [0, 0.05) is 12.5 Å². The first kappa shape index (κ1) is 6.14. The topological polar surface area (TPSA) is 3.01 Å². The quantitative estimate of drug-likeness (QED) is 0.441. The molecule has 1 heteroatoms. The van der Waals surface area contributed by atoms with E-state index >= 15 is 0 Å². The molecule has 0 N–H and O–H groups in total. The molecule has 0 bridgehead atoms. The van der Waals surface area contributed by atoms with E-state index in [-0.39, 0.29) is 0 Å². The van der Waals surface area contributed by atoms with Crippen LogP contribution in [0, 0.1) is 11.8 Å². The second-order valence-corrected chi connectivity index (χ2v) is 3.61. The summed E-state index contributed by atoms with van der Waals surface area (Å²) in [5.74, 6) is 1.95. The van der Waals surface area contributed by atoms with Gasteiger partial charge in [-0.3, -0.25) is 0 Å². The lowest BCUT2D eigenvalue weighted by Crippen LogP contribution is -2.13. The highest BCUT2D eigenvalue weighted by molar-refractivity contribution is 5.92. The third-order valence-electron chi connectivity index (χ3n) is 2.56. The largest absolute Gasteiger partial charge is 0.239 e. The smallest absolute Gasteiger partial charge is 0.175 e. The van der Waals surface area contributed by atoms with Gasteiger partial charge in [0.2, 0.25) is 0 Å². The van der Waals surface area contributed by atoms with Crippen molar-refractivity contribution in [1.82, 2.24) is 0 Å². The highest BCUT2D eigenvalue weighted by atomic mass is 14.9. The Hall–Kier alpha value is -0.590. The van der Waals surface area contributed by atoms with Crippen LogP contribution in [0.4, 0.5) is 0 Å². The van der Waals surface area contributed by atoms with Crippen molar-refractivity contribution < 1.29 is 4.58 Å². The van der Waals surface area contributed by atoms with Crippen LogP contribution in [0.2, 0.25) is 0 Å². The Morgan fingerprint density at radius 1 is 1.50 bits per heavy atom. The van der Waals surface area contributed by atoms with E-state index in [9.17, 15) is 0 Å². The number of hydrogen-bond donors (Lipinski definition) is 0. The summed E-state index contributed by atoms with van der Waals surface area (Å²) in [6.07, 6.45) is 7.40. The second kappa shape index (κ2) is 1.94. The molecule has 10 heavy (non-hydrogen) atoms. The normalized spacial score (nSPS) is 35.6. The Labute approximate surface area is 62.1 Å². The summed E-state index contributed by atoms with van der Waals surface area (Å²) >= 11 is 0. The van der Waals surface area contributed by atoms with E-state index in [1.165, 1.54) is 18.6 Å². The molecular weight excluding hydrogens is 122 g/mol. The summed E-state index contributed by atoms with van der Waals surface area (Å²) in [6.45, 7) is 0. The summed E-state index contributed by atoms with van der Waals surface area (Å²) in [6, 6.07) is 0. The van der Waals surface area contributed by atoms with E-state index in [0.717, 1.165) is 11.8 Å². The first-order valence-electron chi connectivity index (χ1n) is 3.99. The molecule has 0 spiro atoms. The zero-order valence-electron chi connectivity index (χ0n) is 6.67. The van der Waals surface area contributed by atoms with E-state index in [1.807, 2.05) is 0 Å². The average molecular weight is 136 g/mol. The van der Waals surface area contributed by atoms with Crippen molar-refractivity contribution in [2.45, 2.75) is 12.8 Å². The zero-order valence-corrected chi connectivity index (χ0v) is 6.67. The van der Waals surface area contributed by atoms with E-state index in [1.54, 1.807) is 0 Å². The SMILES string of the molecule is C[N+](C)=C1C=C[C@H]2C[C@H]2C1.